The Morgan fingerprint density at radius 3 is 2.28 bits per heavy atom. The maximum Gasteiger partial charge on any atom is 0.305 e. The zero-order valence-corrected chi connectivity index (χ0v) is 14.8. The summed E-state index contributed by atoms with van der Waals surface area (Å²) in [4.78, 5) is 11.0. The molecule has 0 saturated carbocycles. The molecule has 2 aromatic rings. The van der Waals surface area contributed by atoms with E-state index in [2.05, 4.69) is 0 Å². The van der Waals surface area contributed by atoms with E-state index in [1.165, 1.54) is 12.1 Å². The first kappa shape index (κ1) is 18.8. The van der Waals surface area contributed by atoms with Crippen molar-refractivity contribution in [1.82, 2.24) is 0 Å². The minimum atomic E-state index is -3.85. The van der Waals surface area contributed by atoms with Crippen molar-refractivity contribution in [3.63, 3.8) is 0 Å². The molecule has 25 heavy (non-hydrogen) atoms. The summed E-state index contributed by atoms with van der Waals surface area (Å²) in [5, 5.41) is 8.95. The van der Waals surface area contributed by atoms with Gasteiger partial charge in [-0.05, 0) is 42.8 Å². The quantitative estimate of drug-likeness (QED) is 0.740. The molecule has 7 heteroatoms. The minimum absolute atomic E-state index is 0.117. The zero-order valence-electron chi connectivity index (χ0n) is 14.0. The third kappa shape index (κ3) is 4.96. The molecule has 0 unspecified atom stereocenters. The predicted octanol–water partition coefficient (Wildman–Crippen LogP) is 3.15. The maximum absolute atomic E-state index is 12.9. The summed E-state index contributed by atoms with van der Waals surface area (Å²) in [5.74, 6) is -0.419. The van der Waals surface area contributed by atoms with Crippen molar-refractivity contribution >= 4 is 21.7 Å². The topological polar surface area (TPSA) is 83.9 Å². The van der Waals surface area contributed by atoms with Crippen LogP contribution in [0.1, 0.15) is 19.8 Å². The third-order valence-corrected chi connectivity index (χ3v) is 5.30. The van der Waals surface area contributed by atoms with Crippen molar-refractivity contribution in [3.8, 4) is 5.75 Å². The number of nitrogens with zero attached hydrogens (tertiary/aromatic N) is 1. The van der Waals surface area contributed by atoms with Crippen LogP contribution in [-0.4, -0.2) is 32.6 Å². The molecule has 0 atom stereocenters. The SMILES string of the molecule is CCCOc1ccc(N(CCC(=O)O)S(=O)(=O)c2ccccc2)cc1. The van der Waals surface area contributed by atoms with Gasteiger partial charge in [0.2, 0.25) is 0 Å². The lowest BCUT2D eigenvalue weighted by Crippen LogP contribution is -2.33. The van der Waals surface area contributed by atoms with Crippen molar-refractivity contribution in [2.75, 3.05) is 17.5 Å². The van der Waals surface area contributed by atoms with Crippen LogP contribution in [0.15, 0.2) is 59.5 Å². The van der Waals surface area contributed by atoms with E-state index in [1.54, 1.807) is 42.5 Å². The van der Waals surface area contributed by atoms with E-state index in [9.17, 15) is 13.2 Å². The first-order valence-electron chi connectivity index (χ1n) is 7.97. The molecule has 2 rings (SSSR count). The molecular weight excluding hydrogens is 342 g/mol. The summed E-state index contributed by atoms with van der Waals surface area (Å²) >= 11 is 0. The fourth-order valence-electron chi connectivity index (χ4n) is 2.23. The normalized spacial score (nSPS) is 11.1. The fraction of sp³-hybridized carbons (Fsp3) is 0.278. The number of carboxylic acids is 1. The highest BCUT2D eigenvalue weighted by molar-refractivity contribution is 7.92. The van der Waals surface area contributed by atoms with Gasteiger partial charge in [-0.25, -0.2) is 8.42 Å². The minimum Gasteiger partial charge on any atom is -0.494 e. The number of hydrogen-bond acceptors (Lipinski definition) is 4. The largest absolute Gasteiger partial charge is 0.494 e. The van der Waals surface area contributed by atoms with Gasteiger partial charge in [0.1, 0.15) is 5.75 Å². The van der Waals surface area contributed by atoms with Crippen molar-refractivity contribution in [2.45, 2.75) is 24.7 Å². The van der Waals surface area contributed by atoms with Gasteiger partial charge in [-0.3, -0.25) is 9.10 Å². The molecule has 0 aromatic heterocycles. The molecule has 0 saturated heterocycles. The van der Waals surface area contributed by atoms with Crippen molar-refractivity contribution in [3.05, 3.63) is 54.6 Å². The molecule has 0 aliphatic rings. The van der Waals surface area contributed by atoms with E-state index >= 15 is 0 Å². The second-order valence-corrected chi connectivity index (χ2v) is 7.24. The van der Waals surface area contributed by atoms with E-state index in [1.807, 2.05) is 6.92 Å². The number of carbonyl (C=O) groups is 1. The van der Waals surface area contributed by atoms with E-state index < -0.39 is 16.0 Å². The number of carboxylic acid groups (broad SMARTS) is 1. The standard InChI is InChI=1S/C18H21NO5S/c1-2-14-24-16-10-8-15(9-11-16)19(13-12-18(20)21)25(22,23)17-6-4-3-5-7-17/h3-11H,2,12-14H2,1H3,(H,20,21). The Balaban J connectivity index is 2.34. The Morgan fingerprint density at radius 1 is 1.08 bits per heavy atom. The predicted molar refractivity (Wildman–Crippen MR) is 95.5 cm³/mol. The number of rotatable bonds is 9. The second-order valence-electron chi connectivity index (χ2n) is 5.38. The van der Waals surface area contributed by atoms with Crippen LogP contribution in [-0.2, 0) is 14.8 Å². The van der Waals surface area contributed by atoms with Gasteiger partial charge in [-0.1, -0.05) is 25.1 Å². The Bertz CT molecular complexity index is 788. The lowest BCUT2D eigenvalue weighted by molar-refractivity contribution is -0.136. The van der Waals surface area contributed by atoms with E-state index in [0.717, 1.165) is 10.7 Å². The van der Waals surface area contributed by atoms with Gasteiger partial charge in [0.15, 0.2) is 0 Å². The highest BCUT2D eigenvalue weighted by Crippen LogP contribution is 2.26. The Hall–Kier alpha value is -2.54. The van der Waals surface area contributed by atoms with Crippen LogP contribution in [0.4, 0.5) is 5.69 Å². The molecule has 0 fully saturated rings. The molecule has 0 aliphatic carbocycles. The van der Waals surface area contributed by atoms with Gasteiger partial charge in [0, 0.05) is 6.54 Å². The molecule has 0 radical (unpaired) electrons. The molecule has 0 amide bonds. The number of benzene rings is 2. The maximum atomic E-state index is 12.9. The summed E-state index contributed by atoms with van der Waals surface area (Å²) in [6.07, 6.45) is 0.578. The van der Waals surface area contributed by atoms with Gasteiger partial charge in [-0.15, -0.1) is 0 Å². The van der Waals surface area contributed by atoms with Crippen LogP contribution in [0, 0.1) is 0 Å². The van der Waals surface area contributed by atoms with Gasteiger partial charge in [0.25, 0.3) is 10.0 Å². The average Bonchev–Trinajstić information content (AvgIpc) is 2.61. The van der Waals surface area contributed by atoms with E-state index in [-0.39, 0.29) is 17.9 Å². The summed E-state index contributed by atoms with van der Waals surface area (Å²) in [5.41, 5.74) is 0.397. The van der Waals surface area contributed by atoms with Crippen LogP contribution < -0.4 is 9.04 Å². The lowest BCUT2D eigenvalue weighted by atomic mass is 10.3. The Labute approximate surface area is 147 Å². The van der Waals surface area contributed by atoms with Gasteiger partial charge < -0.3 is 9.84 Å². The third-order valence-electron chi connectivity index (χ3n) is 3.46. The van der Waals surface area contributed by atoms with Crippen LogP contribution in [0.5, 0.6) is 5.75 Å². The van der Waals surface area contributed by atoms with Gasteiger partial charge >= 0.3 is 5.97 Å². The van der Waals surface area contributed by atoms with Crippen LogP contribution in [0.2, 0.25) is 0 Å². The number of hydrogen-bond donors (Lipinski definition) is 1. The van der Waals surface area contributed by atoms with Crippen LogP contribution >= 0.6 is 0 Å². The first-order valence-corrected chi connectivity index (χ1v) is 9.41. The molecule has 0 heterocycles. The number of ether oxygens (including phenoxy) is 1. The molecule has 0 aliphatic heterocycles. The van der Waals surface area contributed by atoms with Crippen molar-refractivity contribution in [1.29, 1.82) is 0 Å². The molecule has 2 aromatic carbocycles. The van der Waals surface area contributed by atoms with Crippen molar-refractivity contribution in [2.24, 2.45) is 0 Å². The number of anilines is 1. The fourth-order valence-corrected chi connectivity index (χ4v) is 3.72. The monoisotopic (exact) mass is 363 g/mol. The van der Waals surface area contributed by atoms with Gasteiger partial charge in [-0.2, -0.15) is 0 Å². The Morgan fingerprint density at radius 2 is 1.72 bits per heavy atom. The first-order chi connectivity index (χ1) is 11.9. The van der Waals surface area contributed by atoms with E-state index in [0.29, 0.717) is 18.0 Å². The second kappa shape index (κ2) is 8.53. The van der Waals surface area contributed by atoms with Crippen LogP contribution in [0.25, 0.3) is 0 Å². The van der Waals surface area contributed by atoms with E-state index in [4.69, 9.17) is 9.84 Å². The van der Waals surface area contributed by atoms with Crippen molar-refractivity contribution < 1.29 is 23.1 Å². The molecular formula is C18H21NO5S. The summed E-state index contributed by atoms with van der Waals surface area (Å²) in [7, 11) is -3.85. The highest BCUT2D eigenvalue weighted by Gasteiger charge is 2.25. The average molecular weight is 363 g/mol. The molecule has 1 N–H and O–H groups in total. The van der Waals surface area contributed by atoms with Gasteiger partial charge in [0.05, 0.1) is 23.6 Å². The summed E-state index contributed by atoms with van der Waals surface area (Å²) in [6.45, 7) is 2.42. The highest BCUT2D eigenvalue weighted by atomic mass is 32.2. The molecule has 0 spiro atoms. The molecule has 134 valence electrons. The Kier molecular flexibility index (Phi) is 6.41. The molecule has 0 bridgehead atoms. The van der Waals surface area contributed by atoms with Crippen LogP contribution in [0.3, 0.4) is 0 Å². The molecule has 6 nitrogen and oxygen atoms in total. The zero-order chi connectivity index (χ0) is 18.3. The number of sulfonamides is 1. The summed E-state index contributed by atoms with van der Waals surface area (Å²) < 4.78 is 32.4. The smallest absolute Gasteiger partial charge is 0.305 e. The summed E-state index contributed by atoms with van der Waals surface area (Å²) in [6, 6.07) is 14.6. The lowest BCUT2D eigenvalue weighted by Gasteiger charge is -2.24. The number of aliphatic carboxylic acids is 1.